The highest BCUT2D eigenvalue weighted by Crippen LogP contribution is 2.15. The molecule has 0 aliphatic rings. The molecule has 1 N–H and O–H groups in total. The van der Waals surface area contributed by atoms with Gasteiger partial charge >= 0.3 is 0 Å². The van der Waals surface area contributed by atoms with Crippen LogP contribution in [0.2, 0.25) is 0 Å². The fourth-order valence-corrected chi connectivity index (χ4v) is 2.38. The Bertz CT molecular complexity index is 324. The number of hydrogen-bond donors (Lipinski definition) is 1. The van der Waals surface area contributed by atoms with Crippen LogP contribution in [0.3, 0.4) is 0 Å². The van der Waals surface area contributed by atoms with E-state index in [0.717, 1.165) is 6.54 Å². The maximum Gasteiger partial charge on any atom is 0.00700 e. The highest BCUT2D eigenvalue weighted by Gasteiger charge is 2.07. The van der Waals surface area contributed by atoms with Crippen LogP contribution in [0.4, 0.5) is 0 Å². The van der Waals surface area contributed by atoms with Crippen molar-refractivity contribution in [2.45, 2.75) is 59.4 Å². The Morgan fingerprint density at radius 3 is 2.53 bits per heavy atom. The predicted octanol–water partition coefficient (Wildman–Crippen LogP) is 4.01. The Kier molecular flexibility index (Phi) is 6.28. The first-order valence-electron chi connectivity index (χ1n) is 6.96. The summed E-state index contributed by atoms with van der Waals surface area (Å²) < 4.78 is 0. The molecule has 1 nitrogen and oxygen atoms in total. The van der Waals surface area contributed by atoms with E-state index in [1.54, 1.807) is 0 Å². The van der Waals surface area contributed by atoms with Crippen LogP contribution < -0.4 is 5.32 Å². The van der Waals surface area contributed by atoms with Gasteiger partial charge in [0.1, 0.15) is 0 Å². The second-order valence-electron chi connectivity index (χ2n) is 5.01. The van der Waals surface area contributed by atoms with Gasteiger partial charge in [-0.3, -0.25) is 0 Å². The molecule has 1 unspecified atom stereocenters. The minimum absolute atomic E-state index is 0.685. The molecule has 1 rings (SSSR count). The lowest BCUT2D eigenvalue weighted by atomic mass is 9.97. The van der Waals surface area contributed by atoms with E-state index >= 15 is 0 Å². The van der Waals surface area contributed by atoms with Crippen molar-refractivity contribution in [2.24, 2.45) is 0 Å². The van der Waals surface area contributed by atoms with Gasteiger partial charge in [-0.1, -0.05) is 44.0 Å². The summed E-state index contributed by atoms with van der Waals surface area (Å²) in [6, 6.07) is 7.47. The third-order valence-corrected chi connectivity index (χ3v) is 3.40. The number of rotatable bonds is 7. The maximum absolute atomic E-state index is 3.59. The quantitative estimate of drug-likeness (QED) is 0.750. The van der Waals surface area contributed by atoms with E-state index < -0.39 is 0 Å². The fraction of sp³-hybridized carbons (Fsp3) is 0.625. The zero-order valence-corrected chi connectivity index (χ0v) is 11.8. The fourth-order valence-electron chi connectivity index (χ4n) is 2.38. The van der Waals surface area contributed by atoms with Gasteiger partial charge in [0.2, 0.25) is 0 Å². The second kappa shape index (κ2) is 7.50. The molecule has 0 spiro atoms. The van der Waals surface area contributed by atoms with Gasteiger partial charge in [-0.15, -0.1) is 0 Å². The molecule has 17 heavy (non-hydrogen) atoms. The molecule has 1 atom stereocenters. The SMILES string of the molecule is CCCC(CCc1cc(C)ccc1C)NCC. The number of hydrogen-bond acceptors (Lipinski definition) is 1. The van der Waals surface area contributed by atoms with Gasteiger partial charge in [0.05, 0.1) is 0 Å². The van der Waals surface area contributed by atoms with Gasteiger partial charge in [0.15, 0.2) is 0 Å². The predicted molar refractivity (Wildman–Crippen MR) is 76.6 cm³/mol. The summed E-state index contributed by atoms with van der Waals surface area (Å²) in [5.41, 5.74) is 4.33. The smallest absolute Gasteiger partial charge is 0.00700 e. The summed E-state index contributed by atoms with van der Waals surface area (Å²) in [5, 5.41) is 3.59. The molecular formula is C16H27N. The van der Waals surface area contributed by atoms with Crippen LogP contribution in [0.1, 0.15) is 49.8 Å². The third-order valence-electron chi connectivity index (χ3n) is 3.40. The standard InChI is InChI=1S/C16H27N/c1-5-7-16(17-6-2)11-10-15-12-13(3)8-9-14(15)4/h8-9,12,16-17H,5-7,10-11H2,1-4H3. The Labute approximate surface area is 107 Å². The van der Waals surface area contributed by atoms with Gasteiger partial charge in [0.25, 0.3) is 0 Å². The first kappa shape index (κ1) is 14.2. The lowest BCUT2D eigenvalue weighted by molar-refractivity contribution is 0.459. The Morgan fingerprint density at radius 2 is 1.88 bits per heavy atom. The van der Waals surface area contributed by atoms with E-state index in [1.807, 2.05) is 0 Å². The van der Waals surface area contributed by atoms with E-state index in [9.17, 15) is 0 Å². The number of benzene rings is 1. The van der Waals surface area contributed by atoms with E-state index in [-0.39, 0.29) is 0 Å². The van der Waals surface area contributed by atoms with Gasteiger partial charge < -0.3 is 5.32 Å². The van der Waals surface area contributed by atoms with E-state index in [4.69, 9.17) is 0 Å². The van der Waals surface area contributed by atoms with Crippen molar-refractivity contribution in [2.75, 3.05) is 6.54 Å². The summed E-state index contributed by atoms with van der Waals surface area (Å²) in [6.07, 6.45) is 5.01. The van der Waals surface area contributed by atoms with Crippen molar-refractivity contribution in [3.8, 4) is 0 Å². The van der Waals surface area contributed by atoms with Crippen LogP contribution in [0, 0.1) is 13.8 Å². The molecule has 1 aromatic rings. The van der Waals surface area contributed by atoms with Crippen LogP contribution in [0.5, 0.6) is 0 Å². The maximum atomic E-state index is 3.59. The van der Waals surface area contributed by atoms with Gasteiger partial charge in [0, 0.05) is 6.04 Å². The Hall–Kier alpha value is -0.820. The zero-order chi connectivity index (χ0) is 12.7. The molecule has 0 aromatic heterocycles. The molecule has 0 amide bonds. The van der Waals surface area contributed by atoms with Crippen molar-refractivity contribution >= 4 is 0 Å². The molecule has 0 saturated heterocycles. The molecule has 0 bridgehead atoms. The van der Waals surface area contributed by atoms with Crippen molar-refractivity contribution in [3.05, 3.63) is 34.9 Å². The molecule has 1 aromatic carbocycles. The molecule has 0 aliphatic carbocycles. The van der Waals surface area contributed by atoms with Crippen molar-refractivity contribution in [1.29, 1.82) is 0 Å². The average molecular weight is 233 g/mol. The Morgan fingerprint density at radius 1 is 1.12 bits per heavy atom. The molecule has 0 heterocycles. The van der Waals surface area contributed by atoms with E-state index in [1.165, 1.54) is 42.4 Å². The Balaban J connectivity index is 2.55. The summed E-state index contributed by atoms with van der Waals surface area (Å²) in [6.45, 7) is 9.94. The summed E-state index contributed by atoms with van der Waals surface area (Å²) in [4.78, 5) is 0. The van der Waals surface area contributed by atoms with Crippen molar-refractivity contribution in [3.63, 3.8) is 0 Å². The van der Waals surface area contributed by atoms with Crippen LogP contribution in [-0.2, 0) is 6.42 Å². The normalized spacial score (nSPS) is 12.7. The van der Waals surface area contributed by atoms with Crippen molar-refractivity contribution in [1.82, 2.24) is 5.32 Å². The summed E-state index contributed by atoms with van der Waals surface area (Å²) >= 11 is 0. The van der Waals surface area contributed by atoms with Crippen LogP contribution >= 0.6 is 0 Å². The number of aryl methyl sites for hydroxylation is 3. The molecule has 0 fully saturated rings. The lowest BCUT2D eigenvalue weighted by Crippen LogP contribution is -2.29. The molecule has 0 aliphatic heterocycles. The van der Waals surface area contributed by atoms with Crippen LogP contribution in [0.15, 0.2) is 18.2 Å². The van der Waals surface area contributed by atoms with Crippen LogP contribution in [-0.4, -0.2) is 12.6 Å². The summed E-state index contributed by atoms with van der Waals surface area (Å²) in [5.74, 6) is 0. The largest absolute Gasteiger partial charge is 0.314 e. The summed E-state index contributed by atoms with van der Waals surface area (Å²) in [7, 11) is 0. The minimum Gasteiger partial charge on any atom is -0.314 e. The second-order valence-corrected chi connectivity index (χ2v) is 5.01. The van der Waals surface area contributed by atoms with Gasteiger partial charge in [-0.05, 0) is 50.8 Å². The monoisotopic (exact) mass is 233 g/mol. The topological polar surface area (TPSA) is 12.0 Å². The zero-order valence-electron chi connectivity index (χ0n) is 11.8. The number of nitrogens with one attached hydrogen (secondary N) is 1. The molecule has 0 radical (unpaired) electrons. The molecule has 1 heteroatoms. The molecule has 0 saturated carbocycles. The van der Waals surface area contributed by atoms with Gasteiger partial charge in [-0.2, -0.15) is 0 Å². The first-order valence-corrected chi connectivity index (χ1v) is 6.96. The average Bonchev–Trinajstić information content (AvgIpc) is 2.30. The van der Waals surface area contributed by atoms with Crippen molar-refractivity contribution < 1.29 is 0 Å². The first-order chi connectivity index (χ1) is 8.17. The third kappa shape index (κ3) is 4.91. The molecule has 96 valence electrons. The van der Waals surface area contributed by atoms with E-state index in [0.29, 0.717) is 6.04 Å². The minimum atomic E-state index is 0.685. The van der Waals surface area contributed by atoms with Crippen LogP contribution in [0.25, 0.3) is 0 Å². The van der Waals surface area contributed by atoms with Gasteiger partial charge in [-0.25, -0.2) is 0 Å². The van der Waals surface area contributed by atoms with E-state index in [2.05, 4.69) is 51.2 Å². The lowest BCUT2D eigenvalue weighted by Gasteiger charge is -2.17. The molecular weight excluding hydrogens is 206 g/mol. The highest BCUT2D eigenvalue weighted by atomic mass is 14.9. The highest BCUT2D eigenvalue weighted by molar-refractivity contribution is 5.30.